The predicted octanol–water partition coefficient (Wildman–Crippen LogP) is 4.69. The minimum atomic E-state index is -0.555. The molecule has 0 aliphatic heterocycles. The number of aliphatic hydroxyl groups is 1. The molecular formula is C24H31IO3. The van der Waals surface area contributed by atoms with Crippen molar-refractivity contribution < 1.29 is 14.7 Å². The minimum absolute atomic E-state index is 0.0638. The molecule has 0 saturated heterocycles. The first-order valence-corrected chi connectivity index (χ1v) is 12.0. The van der Waals surface area contributed by atoms with Gasteiger partial charge in [0.1, 0.15) is 0 Å². The van der Waals surface area contributed by atoms with Gasteiger partial charge in [-0.15, -0.1) is 6.58 Å². The summed E-state index contributed by atoms with van der Waals surface area (Å²) in [6.45, 7) is 10.8. The number of alkyl halides is 1. The number of halogens is 1. The normalized spacial score (nSPS) is 49.7. The van der Waals surface area contributed by atoms with E-state index in [9.17, 15) is 14.7 Å². The third-order valence-corrected chi connectivity index (χ3v) is 9.81. The molecular weight excluding hydrogens is 463 g/mol. The van der Waals surface area contributed by atoms with Crippen LogP contribution in [0, 0.1) is 39.9 Å². The highest BCUT2D eigenvalue weighted by Gasteiger charge is 2.69. The number of rotatable bonds is 3. The highest BCUT2D eigenvalue weighted by atomic mass is 127. The van der Waals surface area contributed by atoms with Gasteiger partial charge in [0.05, 0.1) is 15.9 Å². The quantitative estimate of drug-likeness (QED) is 0.352. The summed E-state index contributed by atoms with van der Waals surface area (Å²) in [7, 11) is 0. The van der Waals surface area contributed by atoms with Crippen LogP contribution >= 0.6 is 22.6 Å². The highest BCUT2D eigenvalue weighted by Crippen LogP contribution is 2.71. The number of hydrogen-bond acceptors (Lipinski definition) is 3. The van der Waals surface area contributed by atoms with Gasteiger partial charge in [0.2, 0.25) is 0 Å². The molecule has 8 atom stereocenters. The van der Waals surface area contributed by atoms with Crippen LogP contribution in [0.5, 0.6) is 0 Å². The molecule has 0 aromatic carbocycles. The number of allylic oxidation sites excluding steroid dienone is 5. The minimum Gasteiger partial charge on any atom is -0.393 e. The van der Waals surface area contributed by atoms with Gasteiger partial charge in [-0.1, -0.05) is 61.1 Å². The molecule has 1 N–H and O–H groups in total. The van der Waals surface area contributed by atoms with Crippen LogP contribution in [-0.2, 0) is 9.59 Å². The summed E-state index contributed by atoms with van der Waals surface area (Å²) in [6, 6.07) is 0. The van der Waals surface area contributed by atoms with E-state index in [-0.39, 0.29) is 34.2 Å². The summed E-state index contributed by atoms with van der Waals surface area (Å²) in [5, 5.41) is 11.5. The van der Waals surface area contributed by atoms with E-state index < -0.39 is 11.5 Å². The van der Waals surface area contributed by atoms with E-state index >= 15 is 0 Å². The Morgan fingerprint density at radius 1 is 1.43 bits per heavy atom. The van der Waals surface area contributed by atoms with Crippen molar-refractivity contribution in [2.75, 3.05) is 4.43 Å². The van der Waals surface area contributed by atoms with E-state index in [0.717, 1.165) is 19.3 Å². The maximum atomic E-state index is 13.2. The van der Waals surface area contributed by atoms with E-state index in [2.05, 4.69) is 49.9 Å². The molecule has 152 valence electrons. The lowest BCUT2D eigenvalue weighted by Crippen LogP contribution is -2.59. The molecule has 0 radical (unpaired) electrons. The fourth-order valence-corrected chi connectivity index (χ4v) is 8.60. The van der Waals surface area contributed by atoms with Gasteiger partial charge >= 0.3 is 0 Å². The Kier molecular flexibility index (Phi) is 4.86. The van der Waals surface area contributed by atoms with Gasteiger partial charge in [0, 0.05) is 11.3 Å². The summed E-state index contributed by atoms with van der Waals surface area (Å²) < 4.78 is 0.482. The van der Waals surface area contributed by atoms with Crippen molar-refractivity contribution in [2.24, 2.45) is 39.9 Å². The molecule has 4 rings (SSSR count). The van der Waals surface area contributed by atoms with E-state index in [1.54, 1.807) is 12.2 Å². The van der Waals surface area contributed by atoms with Crippen molar-refractivity contribution in [3.63, 3.8) is 0 Å². The number of fused-ring (bicyclic) bond motifs is 5. The van der Waals surface area contributed by atoms with E-state index in [4.69, 9.17) is 0 Å². The standard InChI is InChI=1S/C24H31IO3/c1-5-24(20(28)13-25)14(2)10-18-17-7-6-15-11-16(26)8-9-22(15,3)21(17)19(27)12-23(18,24)4/h5,8-9,11,14,17-19,21,27H,1,6-7,10,12-13H2,2-4H3/t14-,17?,18?,19-,21?,22?,23?,24+/m0/s1. The topological polar surface area (TPSA) is 54.4 Å². The zero-order valence-corrected chi connectivity index (χ0v) is 19.2. The molecule has 0 aromatic rings. The molecule has 3 saturated carbocycles. The average molecular weight is 494 g/mol. The maximum absolute atomic E-state index is 13.2. The average Bonchev–Trinajstić information content (AvgIpc) is 2.88. The van der Waals surface area contributed by atoms with Crippen molar-refractivity contribution in [1.82, 2.24) is 0 Å². The van der Waals surface area contributed by atoms with Crippen LogP contribution < -0.4 is 0 Å². The van der Waals surface area contributed by atoms with Gasteiger partial charge < -0.3 is 5.11 Å². The summed E-state index contributed by atoms with van der Waals surface area (Å²) in [4.78, 5) is 25.1. The van der Waals surface area contributed by atoms with Gasteiger partial charge in [-0.3, -0.25) is 9.59 Å². The SMILES string of the molecule is C=C[C@]1(C(=O)CI)[C@@H](C)CC2C3CCC4=CC(=O)C=CC4(C)C3[C@@H](O)CC21C. The second-order valence-electron chi connectivity index (χ2n) is 9.98. The Bertz CT molecular complexity index is 798. The van der Waals surface area contributed by atoms with Crippen LogP contribution in [0.25, 0.3) is 0 Å². The molecule has 3 nitrogen and oxygen atoms in total. The van der Waals surface area contributed by atoms with Crippen LogP contribution in [0.3, 0.4) is 0 Å². The molecule has 5 unspecified atom stereocenters. The highest BCUT2D eigenvalue weighted by molar-refractivity contribution is 14.1. The lowest BCUT2D eigenvalue weighted by atomic mass is 9.44. The lowest BCUT2D eigenvalue weighted by molar-refractivity contribution is -0.148. The van der Waals surface area contributed by atoms with Crippen molar-refractivity contribution in [3.8, 4) is 0 Å². The molecule has 0 amide bonds. The Morgan fingerprint density at radius 2 is 2.14 bits per heavy atom. The van der Waals surface area contributed by atoms with Crippen molar-refractivity contribution in [3.05, 3.63) is 36.5 Å². The van der Waals surface area contributed by atoms with E-state index in [1.807, 2.05) is 12.2 Å². The Hall–Kier alpha value is -0.750. The maximum Gasteiger partial charge on any atom is 0.178 e. The summed E-state index contributed by atoms with van der Waals surface area (Å²) in [6.07, 6.45) is 10.5. The molecule has 4 aliphatic carbocycles. The Labute approximate surface area is 181 Å². The fraction of sp³-hybridized carbons (Fsp3) is 0.667. The molecule has 4 heteroatoms. The fourth-order valence-electron chi connectivity index (χ4n) is 7.96. The Morgan fingerprint density at radius 3 is 2.79 bits per heavy atom. The number of Topliss-reactive ketones (excluding diaryl/α,β-unsaturated/α-hetero) is 1. The van der Waals surface area contributed by atoms with Crippen molar-refractivity contribution in [2.45, 2.75) is 52.6 Å². The first-order chi connectivity index (χ1) is 13.2. The summed E-state index contributed by atoms with van der Waals surface area (Å²) in [5.41, 5.74) is 0.101. The van der Waals surface area contributed by atoms with E-state index in [0.29, 0.717) is 22.7 Å². The van der Waals surface area contributed by atoms with Gasteiger partial charge in [-0.2, -0.15) is 0 Å². The van der Waals surface area contributed by atoms with Crippen molar-refractivity contribution >= 4 is 34.2 Å². The number of aliphatic hydroxyl groups excluding tert-OH is 1. The molecule has 0 spiro atoms. The zero-order valence-electron chi connectivity index (χ0n) is 17.1. The third kappa shape index (κ3) is 2.36. The molecule has 0 heterocycles. The van der Waals surface area contributed by atoms with Crippen molar-refractivity contribution in [1.29, 1.82) is 0 Å². The largest absolute Gasteiger partial charge is 0.393 e. The zero-order chi connectivity index (χ0) is 20.5. The molecule has 28 heavy (non-hydrogen) atoms. The number of carbonyl (C=O) groups is 2. The monoisotopic (exact) mass is 494 g/mol. The van der Waals surface area contributed by atoms with Gasteiger partial charge in [-0.25, -0.2) is 0 Å². The first kappa shape index (κ1) is 20.5. The van der Waals surface area contributed by atoms with Crippen LogP contribution in [0.15, 0.2) is 36.5 Å². The lowest BCUT2D eigenvalue weighted by Gasteiger charge is -2.60. The number of hydrogen-bond donors (Lipinski definition) is 1. The third-order valence-electron chi connectivity index (χ3n) is 9.12. The van der Waals surface area contributed by atoms with Gasteiger partial charge in [-0.05, 0) is 61.0 Å². The number of carbonyl (C=O) groups excluding carboxylic acids is 2. The predicted molar refractivity (Wildman–Crippen MR) is 119 cm³/mol. The molecule has 0 aromatic heterocycles. The van der Waals surface area contributed by atoms with Gasteiger partial charge in [0.25, 0.3) is 0 Å². The van der Waals surface area contributed by atoms with Crippen LogP contribution in [-0.4, -0.2) is 27.2 Å². The Balaban J connectivity index is 1.80. The second kappa shape index (κ2) is 6.63. The summed E-state index contributed by atoms with van der Waals surface area (Å²) in [5.74, 6) is 1.43. The summed E-state index contributed by atoms with van der Waals surface area (Å²) >= 11 is 2.18. The molecule has 0 bridgehead atoms. The second-order valence-corrected chi connectivity index (χ2v) is 10.7. The van der Waals surface area contributed by atoms with E-state index in [1.165, 1.54) is 5.57 Å². The van der Waals surface area contributed by atoms with Gasteiger partial charge in [0.15, 0.2) is 11.6 Å². The molecule has 3 fully saturated rings. The first-order valence-electron chi connectivity index (χ1n) is 10.5. The van der Waals surface area contributed by atoms with Crippen LogP contribution in [0.4, 0.5) is 0 Å². The van der Waals surface area contributed by atoms with Crippen LogP contribution in [0.2, 0.25) is 0 Å². The number of ketones is 2. The molecule has 4 aliphatic rings. The smallest absolute Gasteiger partial charge is 0.178 e. The van der Waals surface area contributed by atoms with Crippen LogP contribution in [0.1, 0.15) is 46.5 Å².